The van der Waals surface area contributed by atoms with Gasteiger partial charge in [0.25, 0.3) is 0 Å². The largest absolute Gasteiger partial charge is 0.462 e. The molecule has 1 unspecified atom stereocenters. The average Bonchev–Trinajstić information content (AvgIpc) is 3.28. The molecule has 63 heavy (non-hydrogen) atoms. The van der Waals surface area contributed by atoms with Gasteiger partial charge in [0.2, 0.25) is 0 Å². The Morgan fingerprint density at radius 1 is 0.333 bits per heavy atom. The zero-order valence-electron chi connectivity index (χ0n) is 41.1. The molecule has 0 heterocycles. The van der Waals surface area contributed by atoms with Crippen molar-refractivity contribution in [2.75, 3.05) is 13.2 Å². The first kappa shape index (κ1) is 59.6. The summed E-state index contributed by atoms with van der Waals surface area (Å²) in [5.74, 6) is -0.935. The van der Waals surface area contributed by atoms with E-state index < -0.39 is 6.10 Å². The predicted molar refractivity (Wildman–Crippen MR) is 270 cm³/mol. The van der Waals surface area contributed by atoms with Crippen molar-refractivity contribution in [1.82, 2.24) is 0 Å². The van der Waals surface area contributed by atoms with E-state index in [9.17, 15) is 14.4 Å². The van der Waals surface area contributed by atoms with Crippen LogP contribution < -0.4 is 0 Å². The summed E-state index contributed by atoms with van der Waals surface area (Å²) < 4.78 is 16.8. The van der Waals surface area contributed by atoms with Crippen LogP contribution in [0.4, 0.5) is 0 Å². The average molecular weight is 877 g/mol. The van der Waals surface area contributed by atoms with Crippen molar-refractivity contribution in [3.8, 4) is 0 Å². The monoisotopic (exact) mass is 877 g/mol. The second-order valence-electron chi connectivity index (χ2n) is 17.0. The normalized spacial score (nSPS) is 12.7. The van der Waals surface area contributed by atoms with Gasteiger partial charge in [-0.3, -0.25) is 14.4 Å². The van der Waals surface area contributed by atoms with Gasteiger partial charge >= 0.3 is 17.9 Å². The zero-order valence-corrected chi connectivity index (χ0v) is 41.1. The van der Waals surface area contributed by atoms with Crippen LogP contribution in [0, 0.1) is 0 Å². The minimum atomic E-state index is -0.796. The van der Waals surface area contributed by atoms with E-state index in [1.807, 2.05) is 0 Å². The van der Waals surface area contributed by atoms with Gasteiger partial charge in [0.05, 0.1) is 0 Å². The van der Waals surface area contributed by atoms with E-state index in [0.717, 1.165) is 122 Å². The number of carbonyl (C=O) groups is 3. The van der Waals surface area contributed by atoms with Crippen LogP contribution in [0.5, 0.6) is 0 Å². The summed E-state index contributed by atoms with van der Waals surface area (Å²) in [6.07, 6.45) is 65.7. The van der Waals surface area contributed by atoms with Crippen LogP contribution in [0.1, 0.15) is 239 Å². The van der Waals surface area contributed by atoms with Crippen LogP contribution in [0.3, 0.4) is 0 Å². The third-order valence-electron chi connectivity index (χ3n) is 10.9. The van der Waals surface area contributed by atoms with E-state index in [1.165, 1.54) is 77.0 Å². The molecule has 0 saturated carbocycles. The lowest BCUT2D eigenvalue weighted by atomic mass is 10.0. The smallest absolute Gasteiger partial charge is 0.306 e. The number of hydrogen-bond acceptors (Lipinski definition) is 6. The maximum Gasteiger partial charge on any atom is 0.306 e. The molecule has 0 rings (SSSR count). The number of carbonyl (C=O) groups excluding carboxylic acids is 3. The summed E-state index contributed by atoms with van der Waals surface area (Å²) >= 11 is 0. The Hall–Kier alpha value is -3.41. The van der Waals surface area contributed by atoms with Gasteiger partial charge in [-0.15, -0.1) is 0 Å². The molecule has 6 heteroatoms. The van der Waals surface area contributed by atoms with E-state index in [-0.39, 0.29) is 31.1 Å². The number of rotatable bonds is 46. The van der Waals surface area contributed by atoms with E-state index >= 15 is 0 Å². The molecule has 0 aliphatic heterocycles. The van der Waals surface area contributed by atoms with Crippen LogP contribution >= 0.6 is 0 Å². The molecule has 0 radical (unpaired) electrons. The number of hydrogen-bond donors (Lipinski definition) is 0. The Balaban J connectivity index is 4.42. The van der Waals surface area contributed by atoms with Gasteiger partial charge in [0.1, 0.15) is 13.2 Å². The van der Waals surface area contributed by atoms with Crippen molar-refractivity contribution < 1.29 is 28.6 Å². The van der Waals surface area contributed by atoms with Gasteiger partial charge in [-0.2, -0.15) is 0 Å². The lowest BCUT2D eigenvalue weighted by Gasteiger charge is -2.18. The molecule has 0 aromatic heterocycles. The Labute approximate surface area is 388 Å². The van der Waals surface area contributed by atoms with Crippen LogP contribution in [0.25, 0.3) is 0 Å². The molecule has 0 spiro atoms. The molecule has 360 valence electrons. The summed E-state index contributed by atoms with van der Waals surface area (Å²) in [6, 6.07) is 0. The minimum Gasteiger partial charge on any atom is -0.462 e. The highest BCUT2D eigenvalue weighted by Gasteiger charge is 2.19. The van der Waals surface area contributed by atoms with Gasteiger partial charge in [0.15, 0.2) is 6.10 Å². The van der Waals surface area contributed by atoms with E-state index in [4.69, 9.17) is 14.2 Å². The highest BCUT2D eigenvalue weighted by atomic mass is 16.6. The molecule has 0 aliphatic carbocycles. The molecule has 0 aromatic carbocycles. The van der Waals surface area contributed by atoms with Crippen LogP contribution in [-0.4, -0.2) is 37.2 Å². The Morgan fingerprint density at radius 3 is 0.984 bits per heavy atom. The maximum absolute atomic E-state index is 12.8. The molecular weight excluding hydrogens is 781 g/mol. The topological polar surface area (TPSA) is 78.9 Å². The fourth-order valence-corrected chi connectivity index (χ4v) is 7.04. The van der Waals surface area contributed by atoms with Gasteiger partial charge in [-0.25, -0.2) is 0 Å². The maximum atomic E-state index is 12.8. The molecule has 6 nitrogen and oxygen atoms in total. The second-order valence-corrected chi connectivity index (χ2v) is 17.0. The third-order valence-corrected chi connectivity index (χ3v) is 10.9. The molecule has 0 saturated heterocycles. The molecule has 0 fully saturated rings. The highest BCUT2D eigenvalue weighted by molar-refractivity contribution is 5.71. The fraction of sp³-hybridized carbons (Fsp3) is 0.702. The summed E-state index contributed by atoms with van der Waals surface area (Å²) in [6.45, 7) is 6.37. The summed E-state index contributed by atoms with van der Waals surface area (Å²) in [5, 5.41) is 0. The van der Waals surface area contributed by atoms with E-state index in [0.29, 0.717) is 19.3 Å². The SMILES string of the molecule is CC/C=C\C/C=C\C/C=C\C/C=C\CCCCCCCCC(=O)OCC(COC(=O)CCCCCCCCCCCCCCC)OC(=O)CCCCC/C=C\C/C=C\C/C=C\CC. The number of allylic oxidation sites excluding steroid dienone is 14. The van der Waals surface area contributed by atoms with Crippen molar-refractivity contribution in [3.63, 3.8) is 0 Å². The van der Waals surface area contributed by atoms with Crippen molar-refractivity contribution in [3.05, 3.63) is 85.1 Å². The molecule has 0 aliphatic rings. The second kappa shape index (κ2) is 51.2. The lowest BCUT2D eigenvalue weighted by molar-refractivity contribution is -0.167. The Bertz CT molecular complexity index is 1240. The first-order chi connectivity index (χ1) is 31.0. The number of unbranched alkanes of at least 4 members (excludes halogenated alkanes) is 21. The predicted octanol–water partition coefficient (Wildman–Crippen LogP) is 17.2. The Morgan fingerprint density at radius 2 is 0.619 bits per heavy atom. The van der Waals surface area contributed by atoms with Crippen molar-refractivity contribution in [2.24, 2.45) is 0 Å². The quantitative estimate of drug-likeness (QED) is 0.0262. The van der Waals surface area contributed by atoms with Crippen molar-refractivity contribution >= 4 is 17.9 Å². The minimum absolute atomic E-state index is 0.0919. The van der Waals surface area contributed by atoms with Crippen LogP contribution in [0.2, 0.25) is 0 Å². The lowest BCUT2D eigenvalue weighted by Crippen LogP contribution is -2.30. The third kappa shape index (κ3) is 49.5. The summed E-state index contributed by atoms with van der Waals surface area (Å²) in [4.78, 5) is 38.0. The summed E-state index contributed by atoms with van der Waals surface area (Å²) in [5.41, 5.74) is 0. The molecular formula is C57H96O6. The fourth-order valence-electron chi connectivity index (χ4n) is 7.04. The van der Waals surface area contributed by atoms with Gasteiger partial charge in [-0.1, -0.05) is 215 Å². The highest BCUT2D eigenvalue weighted by Crippen LogP contribution is 2.15. The molecule has 0 amide bonds. The van der Waals surface area contributed by atoms with Gasteiger partial charge < -0.3 is 14.2 Å². The number of ether oxygens (including phenoxy) is 3. The molecule has 0 N–H and O–H groups in total. The zero-order chi connectivity index (χ0) is 45.8. The van der Waals surface area contributed by atoms with Gasteiger partial charge in [-0.05, 0) is 89.9 Å². The van der Waals surface area contributed by atoms with Crippen LogP contribution in [-0.2, 0) is 28.6 Å². The van der Waals surface area contributed by atoms with Crippen molar-refractivity contribution in [2.45, 2.75) is 245 Å². The standard InChI is InChI=1S/C57H96O6/c1-4-7-10-13-16-19-22-25-26-27-28-29-30-33-35-38-41-44-47-50-56(59)62-53-54(63-57(60)51-48-45-42-39-36-32-24-21-18-15-12-9-6-3)52-61-55(58)49-46-43-40-37-34-31-23-20-17-14-11-8-5-2/h7,9-10,12,16,18-19,21,25-26,28-29,32,36,54H,4-6,8,11,13-15,17,20,22-24,27,30-31,33-35,37-53H2,1-3H3/b10-7-,12-9-,19-16-,21-18-,26-25-,29-28-,36-32-. The van der Waals surface area contributed by atoms with Crippen molar-refractivity contribution in [1.29, 1.82) is 0 Å². The first-order valence-corrected chi connectivity index (χ1v) is 26.1. The first-order valence-electron chi connectivity index (χ1n) is 26.1. The molecule has 0 aromatic rings. The van der Waals surface area contributed by atoms with Crippen LogP contribution in [0.15, 0.2) is 85.1 Å². The summed E-state index contributed by atoms with van der Waals surface area (Å²) in [7, 11) is 0. The van der Waals surface area contributed by atoms with E-state index in [1.54, 1.807) is 0 Å². The molecule has 0 bridgehead atoms. The molecule has 1 atom stereocenters. The number of esters is 3. The van der Waals surface area contributed by atoms with E-state index in [2.05, 4.69) is 106 Å². The Kier molecular flexibility index (Phi) is 48.5. The van der Waals surface area contributed by atoms with Gasteiger partial charge in [0, 0.05) is 19.3 Å².